The molecule has 0 unspecified atom stereocenters. The van der Waals surface area contributed by atoms with Crippen LogP contribution in [0.2, 0.25) is 0 Å². The van der Waals surface area contributed by atoms with Crippen LogP contribution in [-0.4, -0.2) is 38.9 Å². The molecular weight excluding hydrogens is 298 g/mol. The Bertz CT molecular complexity index is 665. The first-order chi connectivity index (χ1) is 9.96. The van der Waals surface area contributed by atoms with Crippen LogP contribution in [0.1, 0.15) is 5.69 Å². The van der Waals surface area contributed by atoms with Crippen LogP contribution in [0.5, 0.6) is 11.8 Å². The SMILES string of the molecule is COc1cc(OC)nc(Sc2c([N+](=O)[O-])c(C)nn2C)n1. The number of nitrogens with zero attached hydrogens (tertiary/aromatic N) is 5. The molecule has 0 spiro atoms. The van der Waals surface area contributed by atoms with Crippen molar-refractivity contribution in [3.05, 3.63) is 21.9 Å². The van der Waals surface area contributed by atoms with Gasteiger partial charge in [0, 0.05) is 7.05 Å². The van der Waals surface area contributed by atoms with E-state index in [4.69, 9.17) is 9.47 Å². The van der Waals surface area contributed by atoms with Gasteiger partial charge in [0.2, 0.25) is 16.9 Å². The van der Waals surface area contributed by atoms with E-state index in [2.05, 4.69) is 15.1 Å². The van der Waals surface area contributed by atoms with Gasteiger partial charge in [0.15, 0.2) is 5.03 Å². The summed E-state index contributed by atoms with van der Waals surface area (Å²) in [6.45, 7) is 1.58. The quantitative estimate of drug-likeness (QED) is 0.465. The highest BCUT2D eigenvalue weighted by Gasteiger charge is 2.26. The molecule has 0 atom stereocenters. The summed E-state index contributed by atoms with van der Waals surface area (Å²) in [7, 11) is 4.56. The molecule has 0 fully saturated rings. The minimum Gasteiger partial charge on any atom is -0.481 e. The second kappa shape index (κ2) is 5.95. The van der Waals surface area contributed by atoms with Gasteiger partial charge in [-0.25, -0.2) is 0 Å². The van der Waals surface area contributed by atoms with E-state index in [1.807, 2.05) is 0 Å². The third kappa shape index (κ3) is 3.05. The molecule has 0 amide bonds. The fourth-order valence-electron chi connectivity index (χ4n) is 1.68. The number of ether oxygens (including phenoxy) is 2. The summed E-state index contributed by atoms with van der Waals surface area (Å²) in [6.07, 6.45) is 0. The predicted octanol–water partition coefficient (Wildman–Crippen LogP) is 1.60. The van der Waals surface area contributed by atoms with Crippen molar-refractivity contribution < 1.29 is 14.4 Å². The number of hydrogen-bond donors (Lipinski definition) is 0. The number of nitro groups is 1. The Kier molecular flexibility index (Phi) is 4.26. The van der Waals surface area contributed by atoms with E-state index in [0.29, 0.717) is 22.5 Å². The Morgan fingerprint density at radius 2 is 1.86 bits per heavy atom. The molecule has 112 valence electrons. The standard InChI is InChI=1S/C11H13N5O4S/c1-6-9(16(17)18)10(15(2)14-6)21-11-12-7(19-3)5-8(13-11)20-4/h5H,1-4H3. The first kappa shape index (κ1) is 15.0. The molecule has 0 aliphatic carbocycles. The van der Waals surface area contributed by atoms with Crippen molar-refractivity contribution in [3.8, 4) is 11.8 Å². The van der Waals surface area contributed by atoms with Crippen molar-refractivity contribution in [3.63, 3.8) is 0 Å². The van der Waals surface area contributed by atoms with Crippen LogP contribution in [0.3, 0.4) is 0 Å². The maximum Gasteiger partial charge on any atom is 0.324 e. The summed E-state index contributed by atoms with van der Waals surface area (Å²) >= 11 is 1.03. The second-order valence-corrected chi connectivity index (χ2v) is 4.91. The zero-order chi connectivity index (χ0) is 15.6. The number of rotatable bonds is 5. The van der Waals surface area contributed by atoms with Crippen LogP contribution < -0.4 is 9.47 Å². The molecule has 2 heterocycles. The van der Waals surface area contributed by atoms with Crippen LogP contribution in [0, 0.1) is 17.0 Å². The summed E-state index contributed by atoms with van der Waals surface area (Å²) in [4.78, 5) is 18.9. The van der Waals surface area contributed by atoms with Crippen molar-refractivity contribution in [1.82, 2.24) is 19.7 Å². The maximum absolute atomic E-state index is 11.1. The van der Waals surface area contributed by atoms with E-state index in [-0.39, 0.29) is 10.8 Å². The lowest BCUT2D eigenvalue weighted by Gasteiger charge is -2.05. The monoisotopic (exact) mass is 311 g/mol. The van der Waals surface area contributed by atoms with Crippen molar-refractivity contribution in [2.24, 2.45) is 7.05 Å². The molecule has 0 aliphatic rings. The Hall–Kier alpha value is -2.36. The minimum absolute atomic E-state index is 0.0621. The Labute approximate surface area is 124 Å². The van der Waals surface area contributed by atoms with E-state index in [1.165, 1.54) is 25.0 Å². The average molecular weight is 311 g/mol. The van der Waals surface area contributed by atoms with Gasteiger partial charge in [0.05, 0.1) is 25.2 Å². The van der Waals surface area contributed by atoms with Gasteiger partial charge in [-0.2, -0.15) is 15.1 Å². The minimum atomic E-state index is -0.470. The zero-order valence-electron chi connectivity index (χ0n) is 11.9. The van der Waals surface area contributed by atoms with Gasteiger partial charge < -0.3 is 9.47 Å². The number of hydrogen-bond acceptors (Lipinski definition) is 8. The van der Waals surface area contributed by atoms with Gasteiger partial charge in [-0.05, 0) is 18.7 Å². The highest BCUT2D eigenvalue weighted by atomic mass is 32.2. The van der Waals surface area contributed by atoms with Gasteiger partial charge in [-0.1, -0.05) is 0 Å². The van der Waals surface area contributed by atoms with Gasteiger partial charge in [0.1, 0.15) is 5.69 Å². The molecule has 2 rings (SSSR count). The fraction of sp³-hybridized carbons (Fsp3) is 0.364. The van der Waals surface area contributed by atoms with Gasteiger partial charge >= 0.3 is 5.69 Å². The third-order valence-corrected chi connectivity index (χ3v) is 3.60. The fourth-order valence-corrected chi connectivity index (χ4v) is 2.61. The molecular formula is C11H13N5O4S. The zero-order valence-corrected chi connectivity index (χ0v) is 12.7. The highest BCUT2D eigenvalue weighted by molar-refractivity contribution is 7.99. The molecule has 0 N–H and O–H groups in total. The summed E-state index contributed by atoms with van der Waals surface area (Å²) < 4.78 is 11.5. The van der Waals surface area contributed by atoms with Crippen LogP contribution in [0.25, 0.3) is 0 Å². The van der Waals surface area contributed by atoms with Gasteiger partial charge in [0.25, 0.3) is 0 Å². The van der Waals surface area contributed by atoms with Crippen LogP contribution >= 0.6 is 11.8 Å². The van der Waals surface area contributed by atoms with Gasteiger partial charge in [-0.15, -0.1) is 0 Å². The summed E-state index contributed by atoms with van der Waals surface area (Å²) in [5, 5.41) is 15.8. The lowest BCUT2D eigenvalue weighted by molar-refractivity contribution is -0.388. The molecule has 21 heavy (non-hydrogen) atoms. The van der Waals surface area contributed by atoms with E-state index in [1.54, 1.807) is 14.0 Å². The predicted molar refractivity (Wildman–Crippen MR) is 73.9 cm³/mol. The smallest absolute Gasteiger partial charge is 0.324 e. The van der Waals surface area contributed by atoms with Crippen molar-refractivity contribution in [1.29, 1.82) is 0 Å². The molecule has 0 radical (unpaired) electrons. The Balaban J connectivity index is 2.45. The van der Waals surface area contributed by atoms with E-state index in [9.17, 15) is 10.1 Å². The lowest BCUT2D eigenvalue weighted by atomic mass is 10.4. The van der Waals surface area contributed by atoms with Crippen LogP contribution in [0.4, 0.5) is 5.69 Å². The van der Waals surface area contributed by atoms with E-state index < -0.39 is 4.92 Å². The third-order valence-electron chi connectivity index (χ3n) is 2.59. The summed E-state index contributed by atoms with van der Waals surface area (Å²) in [5.41, 5.74) is 0.271. The highest BCUT2D eigenvalue weighted by Crippen LogP contribution is 2.35. The molecule has 0 aromatic carbocycles. The molecule has 0 saturated carbocycles. The second-order valence-electron chi connectivity index (χ2n) is 3.96. The van der Waals surface area contributed by atoms with Gasteiger partial charge in [-0.3, -0.25) is 14.8 Å². The summed E-state index contributed by atoms with van der Waals surface area (Å²) in [6, 6.07) is 1.52. The first-order valence-corrected chi connectivity index (χ1v) is 6.60. The Morgan fingerprint density at radius 1 is 1.29 bits per heavy atom. The topological polar surface area (TPSA) is 105 Å². The molecule has 0 saturated heterocycles. The average Bonchev–Trinajstić information content (AvgIpc) is 2.72. The number of aryl methyl sites for hydroxylation is 2. The number of aromatic nitrogens is 4. The van der Waals surface area contributed by atoms with Crippen molar-refractivity contribution in [2.45, 2.75) is 17.1 Å². The van der Waals surface area contributed by atoms with E-state index >= 15 is 0 Å². The van der Waals surface area contributed by atoms with Crippen molar-refractivity contribution >= 4 is 17.4 Å². The van der Waals surface area contributed by atoms with Crippen LogP contribution in [-0.2, 0) is 7.05 Å². The van der Waals surface area contributed by atoms with Crippen molar-refractivity contribution in [2.75, 3.05) is 14.2 Å². The molecule has 10 heteroatoms. The largest absolute Gasteiger partial charge is 0.481 e. The molecule has 9 nitrogen and oxygen atoms in total. The molecule has 2 aromatic rings. The molecule has 0 bridgehead atoms. The molecule has 2 aromatic heterocycles. The normalized spacial score (nSPS) is 10.5. The summed E-state index contributed by atoms with van der Waals surface area (Å²) in [5.74, 6) is 0.622. The Morgan fingerprint density at radius 3 is 2.33 bits per heavy atom. The van der Waals surface area contributed by atoms with E-state index in [0.717, 1.165) is 11.8 Å². The van der Waals surface area contributed by atoms with Crippen LogP contribution in [0.15, 0.2) is 16.2 Å². The maximum atomic E-state index is 11.1. The number of methoxy groups -OCH3 is 2. The molecule has 0 aliphatic heterocycles. The first-order valence-electron chi connectivity index (χ1n) is 5.79. The lowest BCUT2D eigenvalue weighted by Crippen LogP contribution is -1.99.